The molecule has 0 spiro atoms. The Labute approximate surface area is 94.7 Å². The van der Waals surface area contributed by atoms with Crippen molar-refractivity contribution in [3.8, 4) is 0 Å². The van der Waals surface area contributed by atoms with Gasteiger partial charge in [0, 0.05) is 25.7 Å². The standard InChI is InChI=1S/C12H16N2O2/c1-14(2)9-5-3-8(4-6-9)10-7-12(10,13)11(15)16/h3-6,10H,7,13H2,1-2H3,(H,15,16)/t10-,12-/m0/s1. The monoisotopic (exact) mass is 220 g/mol. The lowest BCUT2D eigenvalue weighted by molar-refractivity contribution is -0.139. The van der Waals surface area contributed by atoms with Crippen LogP contribution in [0.2, 0.25) is 0 Å². The summed E-state index contributed by atoms with van der Waals surface area (Å²) in [6, 6.07) is 7.88. The van der Waals surface area contributed by atoms with E-state index in [4.69, 9.17) is 10.8 Å². The van der Waals surface area contributed by atoms with Gasteiger partial charge < -0.3 is 15.7 Å². The number of hydrogen-bond acceptors (Lipinski definition) is 3. The van der Waals surface area contributed by atoms with Crippen molar-refractivity contribution in [1.82, 2.24) is 0 Å². The highest BCUT2D eigenvalue weighted by molar-refractivity contribution is 5.85. The predicted octanol–water partition coefficient (Wildman–Crippen LogP) is 1.02. The predicted molar refractivity (Wildman–Crippen MR) is 62.7 cm³/mol. The average molecular weight is 220 g/mol. The highest BCUT2D eigenvalue weighted by Crippen LogP contribution is 2.49. The van der Waals surface area contributed by atoms with Gasteiger partial charge in [0.05, 0.1) is 0 Å². The largest absolute Gasteiger partial charge is 0.480 e. The number of carboxylic acid groups (broad SMARTS) is 1. The summed E-state index contributed by atoms with van der Waals surface area (Å²) in [4.78, 5) is 12.9. The third-order valence-electron chi connectivity index (χ3n) is 3.21. The topological polar surface area (TPSA) is 66.6 Å². The van der Waals surface area contributed by atoms with Gasteiger partial charge in [-0.25, -0.2) is 0 Å². The van der Waals surface area contributed by atoms with E-state index < -0.39 is 11.5 Å². The minimum absolute atomic E-state index is 0.0405. The molecule has 2 rings (SSSR count). The van der Waals surface area contributed by atoms with Gasteiger partial charge in [-0.1, -0.05) is 12.1 Å². The summed E-state index contributed by atoms with van der Waals surface area (Å²) in [5, 5.41) is 8.95. The molecule has 0 radical (unpaired) electrons. The fourth-order valence-electron chi connectivity index (χ4n) is 1.94. The van der Waals surface area contributed by atoms with Gasteiger partial charge in [-0.05, 0) is 24.1 Å². The number of carboxylic acids is 1. The van der Waals surface area contributed by atoms with Crippen molar-refractivity contribution in [2.24, 2.45) is 5.73 Å². The van der Waals surface area contributed by atoms with Gasteiger partial charge in [0.1, 0.15) is 5.54 Å². The zero-order valence-corrected chi connectivity index (χ0v) is 9.47. The SMILES string of the molecule is CN(C)c1ccc([C@@H]2C[C@@]2(N)C(=O)O)cc1. The lowest BCUT2D eigenvalue weighted by Crippen LogP contribution is -2.34. The van der Waals surface area contributed by atoms with E-state index >= 15 is 0 Å². The van der Waals surface area contributed by atoms with Crippen molar-refractivity contribution in [1.29, 1.82) is 0 Å². The number of benzene rings is 1. The van der Waals surface area contributed by atoms with Gasteiger partial charge in [0.15, 0.2) is 0 Å². The third kappa shape index (κ3) is 1.65. The number of nitrogens with zero attached hydrogens (tertiary/aromatic N) is 1. The molecule has 16 heavy (non-hydrogen) atoms. The van der Waals surface area contributed by atoms with Gasteiger partial charge >= 0.3 is 5.97 Å². The van der Waals surface area contributed by atoms with E-state index in [1.165, 1.54) is 0 Å². The van der Waals surface area contributed by atoms with E-state index in [2.05, 4.69) is 0 Å². The Bertz CT molecular complexity index is 414. The fraction of sp³-hybridized carbons (Fsp3) is 0.417. The summed E-state index contributed by atoms with van der Waals surface area (Å²) in [6.07, 6.45) is 0.531. The molecular formula is C12H16N2O2. The minimum atomic E-state index is -1.04. The summed E-state index contributed by atoms with van der Waals surface area (Å²) >= 11 is 0. The molecule has 0 bridgehead atoms. The van der Waals surface area contributed by atoms with E-state index in [1.807, 2.05) is 43.3 Å². The lowest BCUT2D eigenvalue weighted by Gasteiger charge is -2.13. The third-order valence-corrected chi connectivity index (χ3v) is 3.21. The quantitative estimate of drug-likeness (QED) is 0.798. The Hall–Kier alpha value is -1.55. The van der Waals surface area contributed by atoms with Crippen molar-refractivity contribution < 1.29 is 9.90 Å². The molecule has 0 heterocycles. The molecule has 0 aromatic heterocycles. The van der Waals surface area contributed by atoms with E-state index in [1.54, 1.807) is 0 Å². The Kier molecular flexibility index (Phi) is 2.39. The number of aliphatic carboxylic acids is 1. The summed E-state index contributed by atoms with van der Waals surface area (Å²) in [5.74, 6) is -0.949. The molecule has 0 amide bonds. The van der Waals surface area contributed by atoms with Gasteiger partial charge in [0.25, 0.3) is 0 Å². The van der Waals surface area contributed by atoms with Crippen LogP contribution in [-0.4, -0.2) is 30.7 Å². The van der Waals surface area contributed by atoms with E-state index in [9.17, 15) is 4.79 Å². The highest BCUT2D eigenvalue weighted by atomic mass is 16.4. The van der Waals surface area contributed by atoms with Crippen molar-refractivity contribution in [2.75, 3.05) is 19.0 Å². The normalized spacial score (nSPS) is 27.6. The molecule has 4 heteroatoms. The Morgan fingerprint density at radius 2 is 2.00 bits per heavy atom. The van der Waals surface area contributed by atoms with Crippen molar-refractivity contribution >= 4 is 11.7 Å². The molecule has 3 N–H and O–H groups in total. The molecule has 2 atom stereocenters. The molecule has 1 aromatic carbocycles. The molecule has 0 unspecified atom stereocenters. The van der Waals surface area contributed by atoms with Crippen molar-refractivity contribution in [3.05, 3.63) is 29.8 Å². The summed E-state index contributed by atoms with van der Waals surface area (Å²) < 4.78 is 0. The van der Waals surface area contributed by atoms with Crippen LogP contribution in [0.5, 0.6) is 0 Å². The van der Waals surface area contributed by atoms with Crippen LogP contribution in [0.4, 0.5) is 5.69 Å². The molecule has 1 aromatic rings. The van der Waals surface area contributed by atoms with E-state index in [0.717, 1.165) is 11.3 Å². The highest BCUT2D eigenvalue weighted by Gasteiger charge is 2.58. The molecule has 0 saturated heterocycles. The van der Waals surface area contributed by atoms with E-state index in [-0.39, 0.29) is 5.92 Å². The summed E-state index contributed by atoms with van der Waals surface area (Å²) in [6.45, 7) is 0. The van der Waals surface area contributed by atoms with E-state index in [0.29, 0.717) is 6.42 Å². The van der Waals surface area contributed by atoms with Gasteiger partial charge in [0.2, 0.25) is 0 Å². The summed E-state index contributed by atoms with van der Waals surface area (Å²) in [5.41, 5.74) is 6.82. The van der Waals surface area contributed by atoms with Crippen LogP contribution in [-0.2, 0) is 4.79 Å². The van der Waals surface area contributed by atoms with Gasteiger partial charge in [-0.2, -0.15) is 0 Å². The van der Waals surface area contributed by atoms with Crippen LogP contribution in [0.1, 0.15) is 17.9 Å². The first-order valence-electron chi connectivity index (χ1n) is 5.24. The molecule has 4 nitrogen and oxygen atoms in total. The Morgan fingerprint density at radius 1 is 1.44 bits per heavy atom. The number of hydrogen-bond donors (Lipinski definition) is 2. The van der Waals surface area contributed by atoms with Crippen LogP contribution in [0, 0.1) is 0 Å². The van der Waals surface area contributed by atoms with Crippen molar-refractivity contribution in [2.45, 2.75) is 17.9 Å². The van der Waals surface area contributed by atoms with Gasteiger partial charge in [-0.15, -0.1) is 0 Å². The van der Waals surface area contributed by atoms with Crippen LogP contribution in [0.3, 0.4) is 0 Å². The zero-order chi connectivity index (χ0) is 11.9. The molecule has 0 aliphatic heterocycles. The second-order valence-corrected chi connectivity index (χ2v) is 4.59. The molecular weight excluding hydrogens is 204 g/mol. The number of anilines is 1. The van der Waals surface area contributed by atoms with Crippen LogP contribution in [0.25, 0.3) is 0 Å². The lowest BCUT2D eigenvalue weighted by atomic mass is 10.1. The Balaban J connectivity index is 2.16. The first kappa shape index (κ1) is 11.0. The molecule has 1 aliphatic rings. The van der Waals surface area contributed by atoms with Crippen molar-refractivity contribution in [3.63, 3.8) is 0 Å². The molecule has 86 valence electrons. The Morgan fingerprint density at radius 3 is 2.38 bits per heavy atom. The average Bonchev–Trinajstić information content (AvgIpc) is 2.93. The maximum Gasteiger partial charge on any atom is 0.324 e. The second kappa shape index (κ2) is 3.49. The molecule has 1 fully saturated rings. The molecule has 1 saturated carbocycles. The van der Waals surface area contributed by atoms with Crippen LogP contribution < -0.4 is 10.6 Å². The van der Waals surface area contributed by atoms with Crippen LogP contribution in [0.15, 0.2) is 24.3 Å². The smallest absolute Gasteiger partial charge is 0.324 e. The number of carbonyl (C=O) groups is 1. The minimum Gasteiger partial charge on any atom is -0.480 e. The first-order valence-corrected chi connectivity index (χ1v) is 5.24. The van der Waals surface area contributed by atoms with Crippen LogP contribution >= 0.6 is 0 Å². The maximum atomic E-state index is 10.9. The number of rotatable bonds is 3. The number of nitrogens with two attached hydrogens (primary N) is 1. The second-order valence-electron chi connectivity index (χ2n) is 4.59. The fourth-order valence-corrected chi connectivity index (χ4v) is 1.94. The van der Waals surface area contributed by atoms with Gasteiger partial charge in [-0.3, -0.25) is 4.79 Å². The summed E-state index contributed by atoms with van der Waals surface area (Å²) in [7, 11) is 3.94. The first-order chi connectivity index (χ1) is 7.45. The zero-order valence-electron chi connectivity index (χ0n) is 9.47. The molecule has 1 aliphatic carbocycles. The maximum absolute atomic E-state index is 10.9.